The van der Waals surface area contributed by atoms with E-state index in [2.05, 4.69) is 5.32 Å². The van der Waals surface area contributed by atoms with Gasteiger partial charge in [0.15, 0.2) is 6.61 Å². The molecule has 3 N–H and O–H groups in total. The number of carbonyl (C=O) groups excluding carboxylic acids is 1. The molecule has 1 rings (SSSR count). The van der Waals surface area contributed by atoms with Crippen LogP contribution in [-0.2, 0) is 9.59 Å². The van der Waals surface area contributed by atoms with E-state index in [0.29, 0.717) is 0 Å². The molecular weight excluding hydrogens is 264 g/mol. The van der Waals surface area contributed by atoms with Crippen LogP contribution >= 0.6 is 0 Å². The second-order valence-corrected chi connectivity index (χ2v) is 3.87. The van der Waals surface area contributed by atoms with Crippen molar-refractivity contribution >= 4 is 11.9 Å². The van der Waals surface area contributed by atoms with Gasteiger partial charge in [0, 0.05) is 13.0 Å². The summed E-state index contributed by atoms with van der Waals surface area (Å²) in [7, 11) is 0. The van der Waals surface area contributed by atoms with Gasteiger partial charge in [-0.2, -0.15) is 5.26 Å². The van der Waals surface area contributed by atoms with Crippen molar-refractivity contribution in [3.05, 3.63) is 29.8 Å². The predicted octanol–water partition coefficient (Wildman–Crippen LogP) is -0.111. The third-order valence-corrected chi connectivity index (χ3v) is 2.42. The molecule has 0 bridgehead atoms. The molecule has 0 aromatic heterocycles. The Kier molecular flexibility index (Phi) is 6.00. The number of para-hydroxylation sites is 1. The number of hydrogen-bond acceptors (Lipinski definition) is 5. The summed E-state index contributed by atoms with van der Waals surface area (Å²) in [5.74, 6) is -1.62. The van der Waals surface area contributed by atoms with Gasteiger partial charge < -0.3 is 20.3 Å². The first-order valence-corrected chi connectivity index (χ1v) is 5.83. The maximum atomic E-state index is 11.5. The highest BCUT2D eigenvalue weighted by Crippen LogP contribution is 2.16. The molecular formula is C13H14N2O5. The summed E-state index contributed by atoms with van der Waals surface area (Å²) in [4.78, 5) is 22.3. The second kappa shape index (κ2) is 7.76. The third-order valence-electron chi connectivity index (χ3n) is 2.42. The van der Waals surface area contributed by atoms with E-state index in [1.807, 2.05) is 6.07 Å². The minimum atomic E-state index is -1.23. The van der Waals surface area contributed by atoms with Crippen molar-refractivity contribution in [1.29, 1.82) is 5.26 Å². The number of carbonyl (C=O) groups is 2. The molecule has 0 aliphatic heterocycles. The highest BCUT2D eigenvalue weighted by Gasteiger charge is 2.19. The van der Waals surface area contributed by atoms with Crippen molar-refractivity contribution in [2.75, 3.05) is 13.2 Å². The van der Waals surface area contributed by atoms with Gasteiger partial charge in [0.25, 0.3) is 5.91 Å². The summed E-state index contributed by atoms with van der Waals surface area (Å²) < 4.78 is 5.16. The number of nitriles is 1. The molecule has 0 aliphatic carbocycles. The molecule has 1 atom stereocenters. The summed E-state index contributed by atoms with van der Waals surface area (Å²) in [6.45, 7) is -0.761. The molecule has 0 fully saturated rings. The molecule has 1 aromatic carbocycles. The Morgan fingerprint density at radius 1 is 1.40 bits per heavy atom. The highest BCUT2D eigenvalue weighted by molar-refractivity contribution is 5.84. The molecule has 0 unspecified atom stereocenters. The van der Waals surface area contributed by atoms with Crippen LogP contribution in [0.25, 0.3) is 0 Å². The standard InChI is InChI=1S/C13H14N2O5/c14-7-9-3-1-2-4-11(9)20-8-12(17)15-10(5-6-16)13(18)19/h1-4,10,16H,5-6,8H2,(H,15,17)(H,18,19)/t10-/m1/s1. The summed E-state index contributed by atoms with van der Waals surface area (Å²) >= 11 is 0. The fourth-order valence-corrected chi connectivity index (χ4v) is 1.45. The Bertz CT molecular complexity index is 524. The SMILES string of the molecule is N#Cc1ccccc1OCC(=O)N[C@H](CCO)C(=O)O. The number of carboxylic acid groups (broad SMARTS) is 1. The topological polar surface area (TPSA) is 120 Å². The smallest absolute Gasteiger partial charge is 0.326 e. The number of amides is 1. The number of rotatable bonds is 7. The van der Waals surface area contributed by atoms with Crippen molar-refractivity contribution in [3.63, 3.8) is 0 Å². The van der Waals surface area contributed by atoms with Gasteiger partial charge >= 0.3 is 5.97 Å². The van der Waals surface area contributed by atoms with Crippen LogP contribution in [0.15, 0.2) is 24.3 Å². The van der Waals surface area contributed by atoms with Crippen LogP contribution in [0.1, 0.15) is 12.0 Å². The van der Waals surface area contributed by atoms with E-state index >= 15 is 0 Å². The van der Waals surface area contributed by atoms with Crippen LogP contribution in [0.3, 0.4) is 0 Å². The second-order valence-electron chi connectivity index (χ2n) is 3.87. The number of benzene rings is 1. The number of nitrogens with zero attached hydrogens (tertiary/aromatic N) is 1. The lowest BCUT2D eigenvalue weighted by Crippen LogP contribution is -2.43. The monoisotopic (exact) mass is 278 g/mol. The van der Waals surface area contributed by atoms with Crippen LogP contribution in [0.5, 0.6) is 5.75 Å². The van der Waals surface area contributed by atoms with Crippen molar-refractivity contribution in [2.45, 2.75) is 12.5 Å². The normalized spacial score (nSPS) is 11.2. The quantitative estimate of drug-likeness (QED) is 0.640. The van der Waals surface area contributed by atoms with Crippen molar-refractivity contribution in [3.8, 4) is 11.8 Å². The number of aliphatic hydroxyl groups excluding tert-OH is 1. The van der Waals surface area contributed by atoms with Crippen molar-refractivity contribution < 1.29 is 24.5 Å². The molecule has 7 nitrogen and oxygen atoms in total. The molecule has 7 heteroatoms. The molecule has 0 aliphatic rings. The Labute approximate surface area is 115 Å². The zero-order valence-corrected chi connectivity index (χ0v) is 10.6. The van der Waals surface area contributed by atoms with Crippen LogP contribution < -0.4 is 10.1 Å². The zero-order valence-electron chi connectivity index (χ0n) is 10.6. The highest BCUT2D eigenvalue weighted by atomic mass is 16.5. The zero-order chi connectivity index (χ0) is 15.0. The number of ether oxygens (including phenoxy) is 1. The first kappa shape index (κ1) is 15.5. The fourth-order valence-electron chi connectivity index (χ4n) is 1.45. The van der Waals surface area contributed by atoms with E-state index in [1.165, 1.54) is 6.07 Å². The lowest BCUT2D eigenvalue weighted by atomic mass is 10.2. The van der Waals surface area contributed by atoms with E-state index in [4.69, 9.17) is 20.2 Å². The number of aliphatic carboxylic acids is 1. The molecule has 106 valence electrons. The number of hydrogen-bond donors (Lipinski definition) is 3. The van der Waals surface area contributed by atoms with E-state index in [9.17, 15) is 9.59 Å². The van der Waals surface area contributed by atoms with Gasteiger partial charge in [-0.3, -0.25) is 4.79 Å². The molecule has 0 saturated heterocycles. The molecule has 0 heterocycles. The van der Waals surface area contributed by atoms with Crippen LogP contribution in [0.2, 0.25) is 0 Å². The van der Waals surface area contributed by atoms with Gasteiger partial charge in [0.05, 0.1) is 5.56 Å². The molecule has 1 amide bonds. The Morgan fingerprint density at radius 3 is 2.70 bits per heavy atom. The van der Waals surface area contributed by atoms with Crippen molar-refractivity contribution in [2.24, 2.45) is 0 Å². The minimum absolute atomic E-state index is 0.0874. The Hall–Kier alpha value is -2.59. The summed E-state index contributed by atoms with van der Waals surface area (Å²) in [6.07, 6.45) is -0.0874. The lowest BCUT2D eigenvalue weighted by Gasteiger charge is -2.13. The minimum Gasteiger partial charge on any atom is -0.482 e. The van der Waals surface area contributed by atoms with E-state index in [0.717, 1.165) is 0 Å². The number of nitrogens with one attached hydrogen (secondary N) is 1. The first-order chi connectivity index (χ1) is 9.58. The molecule has 0 saturated carbocycles. The lowest BCUT2D eigenvalue weighted by molar-refractivity contribution is -0.142. The number of aliphatic hydroxyl groups is 1. The predicted molar refractivity (Wildman–Crippen MR) is 67.9 cm³/mol. The largest absolute Gasteiger partial charge is 0.482 e. The van der Waals surface area contributed by atoms with E-state index in [-0.39, 0.29) is 24.3 Å². The first-order valence-electron chi connectivity index (χ1n) is 5.83. The van der Waals surface area contributed by atoms with Gasteiger partial charge in [-0.15, -0.1) is 0 Å². The van der Waals surface area contributed by atoms with Gasteiger partial charge in [-0.05, 0) is 12.1 Å². The third kappa shape index (κ3) is 4.59. The summed E-state index contributed by atoms with van der Waals surface area (Å²) in [5, 5.41) is 28.6. The van der Waals surface area contributed by atoms with Gasteiger partial charge in [-0.1, -0.05) is 12.1 Å². The maximum absolute atomic E-state index is 11.5. The summed E-state index contributed by atoms with van der Waals surface area (Å²) in [6, 6.07) is 7.14. The summed E-state index contributed by atoms with van der Waals surface area (Å²) in [5.41, 5.74) is 0.283. The van der Waals surface area contributed by atoms with Crippen molar-refractivity contribution in [1.82, 2.24) is 5.32 Å². The Morgan fingerprint density at radius 2 is 2.10 bits per heavy atom. The molecule has 0 radical (unpaired) electrons. The van der Waals surface area contributed by atoms with E-state index in [1.54, 1.807) is 18.2 Å². The maximum Gasteiger partial charge on any atom is 0.326 e. The average molecular weight is 278 g/mol. The molecule has 20 heavy (non-hydrogen) atoms. The van der Waals surface area contributed by atoms with Gasteiger partial charge in [0.2, 0.25) is 0 Å². The van der Waals surface area contributed by atoms with Crippen LogP contribution in [0, 0.1) is 11.3 Å². The molecule has 0 spiro atoms. The van der Waals surface area contributed by atoms with Gasteiger partial charge in [-0.25, -0.2) is 4.79 Å². The van der Waals surface area contributed by atoms with Crippen LogP contribution in [-0.4, -0.2) is 41.3 Å². The average Bonchev–Trinajstić information content (AvgIpc) is 2.44. The van der Waals surface area contributed by atoms with Gasteiger partial charge in [0.1, 0.15) is 17.9 Å². The fraction of sp³-hybridized carbons (Fsp3) is 0.308. The Balaban J connectivity index is 2.55. The molecule has 1 aromatic rings. The van der Waals surface area contributed by atoms with E-state index < -0.39 is 24.5 Å². The van der Waals surface area contributed by atoms with Crippen LogP contribution in [0.4, 0.5) is 0 Å². The number of carboxylic acids is 1.